The van der Waals surface area contributed by atoms with Gasteiger partial charge >= 0.3 is 0 Å². The molecule has 3 rings (SSSR count). The highest BCUT2D eigenvalue weighted by molar-refractivity contribution is 7.20. The SMILES string of the molecule is O=C(c1cc2cccc(F)c2o1)c1cc(Cl)sc1Cl. The van der Waals surface area contributed by atoms with Crippen LogP contribution in [-0.2, 0) is 0 Å². The Morgan fingerprint density at radius 2 is 2.05 bits per heavy atom. The summed E-state index contributed by atoms with van der Waals surface area (Å²) in [4.78, 5) is 12.2. The molecule has 0 radical (unpaired) electrons. The van der Waals surface area contributed by atoms with Crippen LogP contribution in [0.25, 0.3) is 11.0 Å². The lowest BCUT2D eigenvalue weighted by Crippen LogP contribution is -1.97. The van der Waals surface area contributed by atoms with Gasteiger partial charge in [-0.15, -0.1) is 11.3 Å². The van der Waals surface area contributed by atoms with Crippen LogP contribution in [-0.4, -0.2) is 5.78 Å². The second-order valence-electron chi connectivity index (χ2n) is 3.84. The number of benzene rings is 1. The van der Waals surface area contributed by atoms with E-state index in [2.05, 4.69) is 0 Å². The summed E-state index contributed by atoms with van der Waals surface area (Å²) in [6.07, 6.45) is 0. The van der Waals surface area contributed by atoms with E-state index >= 15 is 0 Å². The van der Waals surface area contributed by atoms with E-state index in [0.717, 1.165) is 11.3 Å². The molecule has 0 bridgehead atoms. The molecule has 0 N–H and O–H groups in total. The Morgan fingerprint density at radius 1 is 1.26 bits per heavy atom. The third-order valence-corrected chi connectivity index (χ3v) is 4.11. The summed E-state index contributed by atoms with van der Waals surface area (Å²) in [5, 5.41) is 0.529. The van der Waals surface area contributed by atoms with E-state index in [-0.39, 0.29) is 21.2 Å². The molecule has 0 atom stereocenters. The number of rotatable bonds is 2. The molecule has 0 fully saturated rings. The van der Waals surface area contributed by atoms with Crippen LogP contribution < -0.4 is 0 Å². The first-order valence-electron chi connectivity index (χ1n) is 5.24. The van der Waals surface area contributed by atoms with Crippen molar-refractivity contribution in [3.05, 3.63) is 56.1 Å². The van der Waals surface area contributed by atoms with E-state index in [9.17, 15) is 9.18 Å². The largest absolute Gasteiger partial charge is 0.449 e. The maximum atomic E-state index is 13.5. The van der Waals surface area contributed by atoms with Crippen molar-refractivity contribution in [3.63, 3.8) is 0 Å². The fraction of sp³-hybridized carbons (Fsp3) is 0. The van der Waals surface area contributed by atoms with Gasteiger partial charge in [0.1, 0.15) is 4.34 Å². The number of hydrogen-bond donors (Lipinski definition) is 0. The van der Waals surface area contributed by atoms with Crippen LogP contribution in [0.2, 0.25) is 8.67 Å². The minimum Gasteiger partial charge on any atom is -0.449 e. The zero-order valence-corrected chi connectivity index (χ0v) is 11.6. The zero-order valence-electron chi connectivity index (χ0n) is 9.25. The lowest BCUT2D eigenvalue weighted by atomic mass is 10.1. The third kappa shape index (κ3) is 2.16. The molecule has 6 heteroatoms. The van der Waals surface area contributed by atoms with Crippen LogP contribution >= 0.6 is 34.5 Å². The summed E-state index contributed by atoms with van der Waals surface area (Å²) in [5.74, 6) is -0.883. The van der Waals surface area contributed by atoms with Crippen molar-refractivity contribution < 1.29 is 13.6 Å². The van der Waals surface area contributed by atoms with Crippen LogP contribution in [0.3, 0.4) is 0 Å². The average molecular weight is 315 g/mol. The quantitative estimate of drug-likeness (QED) is 0.611. The van der Waals surface area contributed by atoms with Gasteiger partial charge < -0.3 is 4.42 Å². The fourth-order valence-electron chi connectivity index (χ4n) is 1.77. The second-order valence-corrected chi connectivity index (χ2v) is 6.12. The Kier molecular flexibility index (Phi) is 3.09. The van der Waals surface area contributed by atoms with Crippen LogP contribution in [0.15, 0.2) is 34.7 Å². The maximum Gasteiger partial charge on any atom is 0.230 e. The van der Waals surface area contributed by atoms with E-state index in [1.54, 1.807) is 12.1 Å². The summed E-state index contributed by atoms with van der Waals surface area (Å²) in [6, 6.07) is 7.45. The molecule has 0 aliphatic heterocycles. The molecule has 19 heavy (non-hydrogen) atoms. The Bertz CT molecular complexity index is 791. The van der Waals surface area contributed by atoms with Crippen molar-refractivity contribution >= 4 is 51.3 Å². The molecular formula is C13H5Cl2FO2S. The number of para-hydroxylation sites is 1. The Labute approximate surface area is 121 Å². The standard InChI is InChI=1S/C13H5Cl2FO2S/c14-10-5-7(13(15)19-10)11(17)9-4-6-2-1-3-8(16)12(6)18-9/h1-5H. The van der Waals surface area contributed by atoms with Gasteiger partial charge in [0.15, 0.2) is 17.2 Å². The lowest BCUT2D eigenvalue weighted by molar-refractivity contribution is 0.101. The molecule has 2 nitrogen and oxygen atoms in total. The zero-order chi connectivity index (χ0) is 13.6. The Balaban J connectivity index is 2.12. The summed E-state index contributed by atoms with van der Waals surface area (Å²) in [7, 11) is 0. The predicted molar refractivity (Wildman–Crippen MR) is 73.9 cm³/mol. The molecule has 3 aromatic rings. The topological polar surface area (TPSA) is 30.2 Å². The van der Waals surface area contributed by atoms with E-state index in [1.807, 2.05) is 0 Å². The molecule has 0 aliphatic rings. The van der Waals surface area contributed by atoms with Crippen LogP contribution in [0, 0.1) is 5.82 Å². The number of fused-ring (bicyclic) bond motifs is 1. The average Bonchev–Trinajstić information content (AvgIpc) is 2.93. The van der Waals surface area contributed by atoms with Crippen LogP contribution in [0.4, 0.5) is 4.39 Å². The highest BCUT2D eigenvalue weighted by Crippen LogP contribution is 2.33. The molecule has 0 saturated carbocycles. The fourth-order valence-corrected chi connectivity index (χ4v) is 3.23. The Morgan fingerprint density at radius 3 is 2.68 bits per heavy atom. The summed E-state index contributed by atoms with van der Waals surface area (Å²) >= 11 is 12.8. The molecular weight excluding hydrogens is 310 g/mol. The number of hydrogen-bond acceptors (Lipinski definition) is 3. The molecule has 2 aromatic heterocycles. The lowest BCUT2D eigenvalue weighted by Gasteiger charge is -1.93. The maximum absolute atomic E-state index is 13.5. The van der Waals surface area contributed by atoms with Crippen molar-refractivity contribution in [2.45, 2.75) is 0 Å². The van der Waals surface area contributed by atoms with Gasteiger partial charge in [0.05, 0.1) is 9.90 Å². The van der Waals surface area contributed by atoms with Gasteiger partial charge in [-0.1, -0.05) is 35.3 Å². The summed E-state index contributed by atoms with van der Waals surface area (Å²) < 4.78 is 19.5. The molecule has 0 aliphatic carbocycles. The van der Waals surface area contributed by atoms with E-state index in [1.165, 1.54) is 18.2 Å². The summed E-state index contributed by atoms with van der Waals surface area (Å²) in [5.41, 5.74) is 0.319. The first kappa shape index (κ1) is 12.7. The number of ketones is 1. The van der Waals surface area contributed by atoms with E-state index in [0.29, 0.717) is 9.72 Å². The highest BCUT2D eigenvalue weighted by atomic mass is 35.5. The minimum atomic E-state index is -0.508. The smallest absolute Gasteiger partial charge is 0.230 e. The van der Waals surface area contributed by atoms with Gasteiger partial charge in [-0.3, -0.25) is 4.79 Å². The number of halogens is 3. The number of furan rings is 1. The molecule has 0 saturated heterocycles. The van der Waals surface area contributed by atoms with Crippen molar-refractivity contribution in [2.75, 3.05) is 0 Å². The third-order valence-electron chi connectivity index (χ3n) is 2.62. The second kappa shape index (κ2) is 4.63. The predicted octanol–water partition coefficient (Wildman–Crippen LogP) is 5.17. The molecule has 0 spiro atoms. The number of thiophene rings is 1. The van der Waals surface area contributed by atoms with E-state index in [4.69, 9.17) is 27.6 Å². The molecule has 2 heterocycles. The first-order valence-corrected chi connectivity index (χ1v) is 6.81. The van der Waals surface area contributed by atoms with Crippen LogP contribution in [0.1, 0.15) is 16.1 Å². The monoisotopic (exact) mass is 314 g/mol. The van der Waals surface area contributed by atoms with Gasteiger partial charge in [-0.2, -0.15) is 0 Å². The molecule has 0 unspecified atom stereocenters. The highest BCUT2D eigenvalue weighted by Gasteiger charge is 2.20. The van der Waals surface area contributed by atoms with Crippen molar-refractivity contribution in [1.29, 1.82) is 0 Å². The summed E-state index contributed by atoms with van der Waals surface area (Å²) in [6.45, 7) is 0. The van der Waals surface area contributed by atoms with Crippen molar-refractivity contribution in [2.24, 2.45) is 0 Å². The number of carbonyl (C=O) groups is 1. The van der Waals surface area contributed by atoms with Gasteiger partial charge in [-0.25, -0.2) is 4.39 Å². The molecule has 0 amide bonds. The van der Waals surface area contributed by atoms with Gasteiger partial charge in [0.2, 0.25) is 5.78 Å². The molecule has 96 valence electrons. The minimum absolute atomic E-state index is 0.0384. The van der Waals surface area contributed by atoms with Crippen molar-refractivity contribution in [1.82, 2.24) is 0 Å². The Hall–Kier alpha value is -1.36. The van der Waals surface area contributed by atoms with Gasteiger partial charge in [0.25, 0.3) is 0 Å². The van der Waals surface area contributed by atoms with Gasteiger partial charge in [-0.05, 0) is 18.2 Å². The first-order chi connectivity index (χ1) is 9.06. The molecule has 1 aromatic carbocycles. The van der Waals surface area contributed by atoms with E-state index < -0.39 is 11.6 Å². The number of carbonyl (C=O) groups excluding carboxylic acids is 1. The normalized spacial score (nSPS) is 11.1. The van der Waals surface area contributed by atoms with Gasteiger partial charge in [0, 0.05) is 5.39 Å². The van der Waals surface area contributed by atoms with Crippen molar-refractivity contribution in [3.8, 4) is 0 Å². The van der Waals surface area contributed by atoms with Crippen LogP contribution in [0.5, 0.6) is 0 Å².